The monoisotopic (exact) mass is 436 g/mol. The van der Waals surface area contributed by atoms with Crippen LogP contribution in [0.5, 0.6) is 0 Å². The Morgan fingerprint density at radius 2 is 1.84 bits per heavy atom. The minimum absolute atomic E-state index is 0.00132. The first-order valence-electron chi connectivity index (χ1n) is 10.5. The van der Waals surface area contributed by atoms with Gasteiger partial charge in [0, 0.05) is 24.2 Å². The van der Waals surface area contributed by atoms with Crippen LogP contribution in [0.25, 0.3) is 0 Å². The summed E-state index contributed by atoms with van der Waals surface area (Å²) in [5, 5.41) is 14.0. The second kappa shape index (κ2) is 9.58. The number of halogens is 3. The molecular weight excluding hydrogens is 409 g/mol. The summed E-state index contributed by atoms with van der Waals surface area (Å²) in [6.45, 7) is 4.23. The third kappa shape index (κ3) is 6.12. The summed E-state index contributed by atoms with van der Waals surface area (Å²) >= 11 is 0. The lowest BCUT2D eigenvalue weighted by Gasteiger charge is -2.31. The smallest absolute Gasteiger partial charge is 0.423 e. The zero-order valence-electron chi connectivity index (χ0n) is 17.7. The van der Waals surface area contributed by atoms with Gasteiger partial charge in [-0.15, -0.1) is 0 Å². The quantitative estimate of drug-likeness (QED) is 0.402. The first-order chi connectivity index (χ1) is 14.6. The predicted molar refractivity (Wildman–Crippen MR) is 114 cm³/mol. The molecule has 0 spiro atoms. The third-order valence-electron chi connectivity index (χ3n) is 5.91. The number of anilines is 1. The van der Waals surface area contributed by atoms with E-state index in [1.807, 2.05) is 12.2 Å². The molecule has 0 amide bonds. The lowest BCUT2D eigenvalue weighted by Crippen LogP contribution is -2.29. The molecule has 31 heavy (non-hydrogen) atoms. The Labute approximate surface area is 179 Å². The Morgan fingerprint density at radius 3 is 2.48 bits per heavy atom. The minimum Gasteiger partial charge on any atom is -0.495 e. The number of nitro benzene ring substituents is 1. The summed E-state index contributed by atoms with van der Waals surface area (Å²) < 4.78 is 45.7. The summed E-state index contributed by atoms with van der Waals surface area (Å²) in [7, 11) is 0. The standard InChI is InChI=1S/C23H27F3N2O3/c1-15-4-3-5-19(10-6-16(15)2)31-20-11-7-17(8-12-20)27-18-9-13-22(28(29)30)21(14-18)23(24,25)26/h3-5,9,13-14,17,20,27H,6-8,10-12H2,1-2H3/b4-3-,16-15+,19-5-/t17-,20-. The normalized spacial score (nSPS) is 27.5. The second-order valence-electron chi connectivity index (χ2n) is 8.18. The summed E-state index contributed by atoms with van der Waals surface area (Å²) in [5.41, 5.74) is 0.703. The van der Waals surface area contributed by atoms with E-state index < -0.39 is 22.4 Å². The number of ether oxygens (including phenoxy) is 1. The molecule has 5 nitrogen and oxygen atoms in total. The van der Waals surface area contributed by atoms with Crippen molar-refractivity contribution in [1.82, 2.24) is 0 Å². The van der Waals surface area contributed by atoms with Crippen molar-refractivity contribution in [3.05, 3.63) is 69.0 Å². The first kappa shape index (κ1) is 22.9. The summed E-state index contributed by atoms with van der Waals surface area (Å²) in [6, 6.07) is 3.07. The molecule has 1 aromatic rings. The maximum Gasteiger partial charge on any atom is 0.423 e. The van der Waals surface area contributed by atoms with E-state index >= 15 is 0 Å². The molecule has 0 radical (unpaired) electrons. The van der Waals surface area contributed by atoms with Crippen LogP contribution >= 0.6 is 0 Å². The van der Waals surface area contributed by atoms with Gasteiger partial charge in [0.1, 0.15) is 5.56 Å². The van der Waals surface area contributed by atoms with Gasteiger partial charge in [-0.1, -0.05) is 23.3 Å². The zero-order valence-corrected chi connectivity index (χ0v) is 17.7. The van der Waals surface area contributed by atoms with Crippen molar-refractivity contribution in [2.75, 3.05) is 5.32 Å². The number of nitrogens with one attached hydrogen (secondary N) is 1. The molecule has 0 unspecified atom stereocenters. The van der Waals surface area contributed by atoms with Crippen molar-refractivity contribution in [1.29, 1.82) is 0 Å². The molecule has 2 aliphatic rings. The van der Waals surface area contributed by atoms with E-state index in [1.165, 1.54) is 17.2 Å². The van der Waals surface area contributed by atoms with Gasteiger partial charge in [-0.3, -0.25) is 10.1 Å². The highest BCUT2D eigenvalue weighted by Gasteiger charge is 2.38. The van der Waals surface area contributed by atoms with Crippen molar-refractivity contribution in [2.24, 2.45) is 0 Å². The van der Waals surface area contributed by atoms with Gasteiger partial charge in [0.2, 0.25) is 0 Å². The van der Waals surface area contributed by atoms with E-state index in [-0.39, 0.29) is 17.8 Å². The van der Waals surface area contributed by atoms with Crippen LogP contribution in [0.1, 0.15) is 57.9 Å². The summed E-state index contributed by atoms with van der Waals surface area (Å²) in [6.07, 6.45) is 6.32. The molecule has 0 saturated heterocycles. The Morgan fingerprint density at radius 1 is 1.13 bits per heavy atom. The maximum atomic E-state index is 13.2. The molecule has 1 N–H and O–H groups in total. The number of benzene rings is 1. The van der Waals surface area contributed by atoms with E-state index in [2.05, 4.69) is 25.2 Å². The van der Waals surface area contributed by atoms with E-state index in [0.717, 1.165) is 56.4 Å². The van der Waals surface area contributed by atoms with Crippen LogP contribution in [-0.4, -0.2) is 17.1 Å². The fraction of sp³-hybridized carbons (Fsp3) is 0.478. The molecule has 0 heterocycles. The molecule has 1 fully saturated rings. The van der Waals surface area contributed by atoms with Gasteiger partial charge in [0.05, 0.1) is 16.8 Å². The molecule has 2 aliphatic carbocycles. The van der Waals surface area contributed by atoms with Gasteiger partial charge in [-0.2, -0.15) is 13.2 Å². The van der Waals surface area contributed by atoms with Crippen LogP contribution in [0.4, 0.5) is 24.5 Å². The van der Waals surface area contributed by atoms with Gasteiger partial charge in [-0.25, -0.2) is 0 Å². The van der Waals surface area contributed by atoms with Crippen molar-refractivity contribution in [2.45, 2.75) is 70.7 Å². The van der Waals surface area contributed by atoms with Gasteiger partial charge >= 0.3 is 6.18 Å². The van der Waals surface area contributed by atoms with Crippen molar-refractivity contribution >= 4 is 11.4 Å². The van der Waals surface area contributed by atoms with Crippen molar-refractivity contribution < 1.29 is 22.8 Å². The number of hydrogen-bond donors (Lipinski definition) is 1. The Kier molecular flexibility index (Phi) is 7.08. The lowest BCUT2D eigenvalue weighted by molar-refractivity contribution is -0.388. The number of nitro groups is 1. The topological polar surface area (TPSA) is 64.4 Å². The maximum absolute atomic E-state index is 13.2. The molecule has 1 saturated carbocycles. The largest absolute Gasteiger partial charge is 0.495 e. The summed E-state index contributed by atoms with van der Waals surface area (Å²) in [5.74, 6) is 0.963. The third-order valence-corrected chi connectivity index (χ3v) is 5.91. The van der Waals surface area contributed by atoms with E-state index in [9.17, 15) is 23.3 Å². The first-order valence-corrected chi connectivity index (χ1v) is 10.5. The fourth-order valence-electron chi connectivity index (χ4n) is 3.92. The number of nitrogens with zero attached hydrogens (tertiary/aromatic N) is 1. The van der Waals surface area contributed by atoms with Crippen LogP contribution in [0, 0.1) is 10.1 Å². The molecule has 0 aromatic heterocycles. The Bertz CT molecular complexity index is 911. The fourth-order valence-corrected chi connectivity index (χ4v) is 3.92. The minimum atomic E-state index is -4.78. The highest BCUT2D eigenvalue weighted by molar-refractivity contribution is 5.55. The highest BCUT2D eigenvalue weighted by atomic mass is 19.4. The van der Waals surface area contributed by atoms with E-state index in [1.54, 1.807) is 0 Å². The Balaban J connectivity index is 1.57. The summed E-state index contributed by atoms with van der Waals surface area (Å²) in [4.78, 5) is 9.90. The van der Waals surface area contributed by atoms with Crippen LogP contribution in [-0.2, 0) is 10.9 Å². The van der Waals surface area contributed by atoms with E-state index in [0.29, 0.717) is 0 Å². The van der Waals surface area contributed by atoms with Gasteiger partial charge < -0.3 is 10.1 Å². The molecule has 1 aromatic carbocycles. The number of alkyl halides is 3. The van der Waals surface area contributed by atoms with Crippen molar-refractivity contribution in [3.63, 3.8) is 0 Å². The number of rotatable bonds is 5. The van der Waals surface area contributed by atoms with E-state index in [4.69, 9.17) is 4.74 Å². The lowest BCUT2D eigenvalue weighted by atomic mass is 9.92. The molecule has 0 aliphatic heterocycles. The SMILES string of the molecule is CC1=C(/C)CC/C(O[C@H]2CC[C@H](Nc3ccc([N+](=O)[O-])c(C(F)(F)F)c3)CC2)=C/C=C\1. The zero-order chi connectivity index (χ0) is 22.6. The number of allylic oxidation sites excluding steroid dienone is 6. The van der Waals surface area contributed by atoms with Crippen LogP contribution in [0.15, 0.2) is 53.3 Å². The molecule has 8 heteroatoms. The Hall–Kier alpha value is -2.77. The van der Waals surface area contributed by atoms with Crippen molar-refractivity contribution in [3.8, 4) is 0 Å². The molecule has 168 valence electrons. The van der Waals surface area contributed by atoms with Gasteiger partial charge in [-0.05, 0) is 64.2 Å². The van der Waals surface area contributed by atoms with Gasteiger partial charge in [0.15, 0.2) is 0 Å². The second-order valence-corrected chi connectivity index (χ2v) is 8.18. The predicted octanol–water partition coefficient (Wildman–Crippen LogP) is 6.92. The molecule has 0 bridgehead atoms. The molecule has 0 atom stereocenters. The molecular formula is C23H27F3N2O3. The average molecular weight is 436 g/mol. The van der Waals surface area contributed by atoms with Crippen LogP contribution in [0.3, 0.4) is 0 Å². The highest BCUT2D eigenvalue weighted by Crippen LogP contribution is 2.38. The number of hydrogen-bond acceptors (Lipinski definition) is 4. The van der Waals surface area contributed by atoms with Crippen LogP contribution in [0.2, 0.25) is 0 Å². The average Bonchev–Trinajstić information content (AvgIpc) is 2.71. The molecule has 3 rings (SSSR count). The van der Waals surface area contributed by atoms with Gasteiger partial charge in [0.25, 0.3) is 5.69 Å². The van der Waals surface area contributed by atoms with Crippen LogP contribution < -0.4 is 5.32 Å².